The fourth-order valence-corrected chi connectivity index (χ4v) is 0.484. The Morgan fingerprint density at radius 1 is 1.33 bits per heavy atom. The van der Waals surface area contributed by atoms with Crippen LogP contribution in [0.3, 0.4) is 0 Å². The van der Waals surface area contributed by atoms with E-state index in [0.29, 0.717) is 0 Å². The van der Waals surface area contributed by atoms with Crippen LogP contribution in [0.1, 0.15) is 33.6 Å². The van der Waals surface area contributed by atoms with Gasteiger partial charge in [0.05, 0.1) is 11.8 Å². The molecule has 0 aromatic rings. The van der Waals surface area contributed by atoms with Gasteiger partial charge in [0.2, 0.25) is 0 Å². The number of hydrogen-bond donors (Lipinski definition) is 1. The van der Waals surface area contributed by atoms with Crippen molar-refractivity contribution in [1.29, 1.82) is 0 Å². The van der Waals surface area contributed by atoms with Gasteiger partial charge in [-0.05, 0) is 20.8 Å². The zero-order valence-corrected chi connectivity index (χ0v) is 9.12. The van der Waals surface area contributed by atoms with Crippen molar-refractivity contribution in [2.75, 3.05) is 0 Å². The molecule has 0 aromatic heterocycles. The highest BCUT2D eigenvalue weighted by atomic mass is 16.9. The highest BCUT2D eigenvalue weighted by Crippen LogP contribution is 2.13. The average molecular weight is 213 g/mol. The molecule has 1 N–H and O–H groups in total. The van der Waals surface area contributed by atoms with Gasteiger partial charge in [-0.2, -0.15) is 0 Å². The fourth-order valence-electron chi connectivity index (χ4n) is 0.484. The standard InChI is InChI=1S/C10H15NO4/c1-5-6-7-8(12)14-11-15-9(13)10(2,3)4/h1,11H,6-7H2,2-4H3. The minimum absolute atomic E-state index is 0.0799. The maximum Gasteiger partial charge on any atom is 0.334 e. The van der Waals surface area contributed by atoms with E-state index in [2.05, 4.69) is 15.6 Å². The Balaban J connectivity index is 3.68. The number of nitrogens with one attached hydrogen (secondary N) is 1. The highest BCUT2D eigenvalue weighted by molar-refractivity contribution is 5.75. The molecule has 15 heavy (non-hydrogen) atoms. The Morgan fingerprint density at radius 2 is 1.93 bits per heavy atom. The summed E-state index contributed by atoms with van der Waals surface area (Å²) in [5.41, 5.74) is 1.18. The van der Waals surface area contributed by atoms with Crippen molar-refractivity contribution in [2.24, 2.45) is 5.41 Å². The number of rotatable bonds is 4. The molecule has 0 bridgehead atoms. The summed E-state index contributed by atoms with van der Waals surface area (Å²) in [6.07, 6.45) is 5.31. The van der Waals surface area contributed by atoms with Crippen LogP contribution in [0, 0.1) is 17.8 Å². The van der Waals surface area contributed by atoms with Gasteiger partial charge in [-0.25, -0.2) is 4.79 Å². The average Bonchev–Trinajstić information content (AvgIpc) is 2.13. The second kappa shape index (κ2) is 6.04. The lowest BCUT2D eigenvalue weighted by Gasteiger charge is -2.15. The third kappa shape index (κ3) is 6.52. The molecule has 0 radical (unpaired) electrons. The first-order valence-electron chi connectivity index (χ1n) is 4.47. The van der Waals surface area contributed by atoms with Gasteiger partial charge in [-0.15, -0.1) is 12.3 Å². The molecular weight excluding hydrogens is 198 g/mol. The molecule has 0 saturated heterocycles. The van der Waals surface area contributed by atoms with Gasteiger partial charge < -0.3 is 9.68 Å². The Hall–Kier alpha value is -1.54. The van der Waals surface area contributed by atoms with Crippen molar-refractivity contribution in [3.05, 3.63) is 0 Å². The second-order valence-electron chi connectivity index (χ2n) is 3.90. The van der Waals surface area contributed by atoms with Crippen molar-refractivity contribution in [2.45, 2.75) is 33.6 Å². The molecule has 0 amide bonds. The van der Waals surface area contributed by atoms with E-state index in [0.717, 1.165) is 0 Å². The normalized spacial score (nSPS) is 10.3. The van der Waals surface area contributed by atoms with E-state index in [9.17, 15) is 9.59 Å². The van der Waals surface area contributed by atoms with E-state index in [1.54, 1.807) is 20.8 Å². The van der Waals surface area contributed by atoms with Gasteiger partial charge in [0.1, 0.15) is 0 Å². The van der Waals surface area contributed by atoms with Gasteiger partial charge in [-0.1, -0.05) is 0 Å². The lowest BCUT2D eigenvalue weighted by atomic mass is 9.98. The van der Waals surface area contributed by atoms with Crippen LogP contribution >= 0.6 is 0 Å². The summed E-state index contributed by atoms with van der Waals surface area (Å²) in [5, 5.41) is 0. The molecule has 0 aromatic carbocycles. The lowest BCUT2D eigenvalue weighted by Crippen LogP contribution is -2.31. The van der Waals surface area contributed by atoms with Crippen LogP contribution in [0.15, 0.2) is 0 Å². The molecule has 0 unspecified atom stereocenters. The van der Waals surface area contributed by atoms with E-state index in [1.165, 1.54) is 0 Å². The third-order valence-corrected chi connectivity index (χ3v) is 1.38. The quantitative estimate of drug-likeness (QED) is 0.556. The Kier molecular flexibility index (Phi) is 5.42. The summed E-state index contributed by atoms with van der Waals surface area (Å²) in [6, 6.07) is 0. The molecular formula is C10H15NO4. The van der Waals surface area contributed by atoms with Crippen molar-refractivity contribution in [3.8, 4) is 12.3 Å². The molecule has 0 heterocycles. The van der Waals surface area contributed by atoms with Crippen molar-refractivity contribution in [3.63, 3.8) is 0 Å². The Morgan fingerprint density at radius 3 is 2.40 bits per heavy atom. The maximum absolute atomic E-state index is 11.2. The summed E-state index contributed by atoms with van der Waals surface area (Å²) >= 11 is 0. The predicted octanol–water partition coefficient (Wildman–Crippen LogP) is 0.952. The fraction of sp³-hybridized carbons (Fsp3) is 0.600. The first-order valence-corrected chi connectivity index (χ1v) is 4.47. The number of carbonyl (C=O) groups is 2. The van der Waals surface area contributed by atoms with E-state index < -0.39 is 17.4 Å². The summed E-state index contributed by atoms with van der Waals surface area (Å²) in [5.74, 6) is 1.19. The van der Waals surface area contributed by atoms with Crippen LogP contribution in [-0.2, 0) is 19.3 Å². The van der Waals surface area contributed by atoms with E-state index in [-0.39, 0.29) is 12.8 Å². The van der Waals surface area contributed by atoms with Crippen molar-refractivity contribution < 1.29 is 19.3 Å². The van der Waals surface area contributed by atoms with Gasteiger partial charge >= 0.3 is 11.9 Å². The Bertz CT molecular complexity index is 272. The van der Waals surface area contributed by atoms with E-state index in [4.69, 9.17) is 6.42 Å². The molecule has 0 aliphatic carbocycles. The van der Waals surface area contributed by atoms with Crippen LogP contribution in [0.25, 0.3) is 0 Å². The molecule has 0 aliphatic rings. The zero-order valence-electron chi connectivity index (χ0n) is 9.12. The van der Waals surface area contributed by atoms with Crippen LogP contribution in [0.2, 0.25) is 0 Å². The van der Waals surface area contributed by atoms with Gasteiger partial charge in [-0.3, -0.25) is 4.79 Å². The summed E-state index contributed by atoms with van der Waals surface area (Å²) < 4.78 is 0. The predicted molar refractivity (Wildman–Crippen MR) is 52.8 cm³/mol. The molecule has 0 aliphatic heterocycles. The van der Waals surface area contributed by atoms with Crippen molar-refractivity contribution in [1.82, 2.24) is 5.64 Å². The third-order valence-electron chi connectivity index (χ3n) is 1.38. The maximum atomic E-state index is 11.2. The first-order chi connectivity index (χ1) is 6.88. The van der Waals surface area contributed by atoms with Crippen LogP contribution < -0.4 is 5.64 Å². The minimum atomic E-state index is -0.655. The summed E-state index contributed by atoms with van der Waals surface area (Å²) in [6.45, 7) is 5.03. The number of hydrogen-bond acceptors (Lipinski definition) is 5. The molecule has 5 nitrogen and oxygen atoms in total. The summed E-state index contributed by atoms with van der Waals surface area (Å²) in [7, 11) is 0. The number of carbonyl (C=O) groups excluding carboxylic acids is 2. The first kappa shape index (κ1) is 13.5. The van der Waals surface area contributed by atoms with E-state index in [1.807, 2.05) is 5.64 Å². The molecule has 0 fully saturated rings. The smallest absolute Gasteiger partial charge is 0.334 e. The SMILES string of the molecule is C#CCCC(=O)ONOC(=O)C(C)(C)C. The minimum Gasteiger partial charge on any atom is -0.335 e. The molecule has 0 saturated carbocycles. The molecule has 84 valence electrons. The largest absolute Gasteiger partial charge is 0.335 e. The topological polar surface area (TPSA) is 64.6 Å². The van der Waals surface area contributed by atoms with E-state index >= 15 is 0 Å². The highest BCUT2D eigenvalue weighted by Gasteiger charge is 2.23. The monoisotopic (exact) mass is 213 g/mol. The van der Waals surface area contributed by atoms with Gasteiger partial charge in [0.25, 0.3) is 0 Å². The number of terminal acetylenes is 1. The molecule has 0 rings (SSSR count). The van der Waals surface area contributed by atoms with Crippen molar-refractivity contribution >= 4 is 11.9 Å². The second-order valence-corrected chi connectivity index (χ2v) is 3.90. The molecule has 5 heteroatoms. The summed E-state index contributed by atoms with van der Waals surface area (Å²) in [4.78, 5) is 30.9. The molecule has 0 spiro atoms. The van der Waals surface area contributed by atoms with Gasteiger partial charge in [0.15, 0.2) is 0 Å². The molecule has 0 atom stereocenters. The van der Waals surface area contributed by atoms with Gasteiger partial charge in [0, 0.05) is 12.1 Å². The van der Waals surface area contributed by atoms with Crippen LogP contribution in [0.5, 0.6) is 0 Å². The van der Waals surface area contributed by atoms with Crippen LogP contribution in [-0.4, -0.2) is 11.9 Å². The Labute approximate surface area is 89.0 Å². The lowest BCUT2D eigenvalue weighted by molar-refractivity contribution is -0.204. The van der Waals surface area contributed by atoms with Crippen LogP contribution in [0.4, 0.5) is 0 Å². The zero-order chi connectivity index (χ0) is 11.9.